The molecule has 21 heavy (non-hydrogen) atoms. The van der Waals surface area contributed by atoms with Crippen LogP contribution < -0.4 is 10.9 Å². The monoisotopic (exact) mass is 352 g/mol. The van der Waals surface area contributed by atoms with Crippen molar-refractivity contribution >= 4 is 27.4 Å². The van der Waals surface area contributed by atoms with E-state index in [1.54, 1.807) is 12.3 Å². The Kier molecular flexibility index (Phi) is 4.69. The molecule has 7 nitrogen and oxygen atoms in total. The summed E-state index contributed by atoms with van der Waals surface area (Å²) in [6.07, 6.45) is 3.17. The first kappa shape index (κ1) is 15.2. The maximum absolute atomic E-state index is 12.1. The summed E-state index contributed by atoms with van der Waals surface area (Å²) >= 11 is 3.18. The lowest BCUT2D eigenvalue weighted by atomic mass is 10.2. The molecule has 110 valence electrons. The van der Waals surface area contributed by atoms with Crippen LogP contribution in [0.1, 0.15) is 12.5 Å². The van der Waals surface area contributed by atoms with E-state index in [-0.39, 0.29) is 6.54 Å². The third-order valence-corrected chi connectivity index (χ3v) is 3.24. The maximum Gasteiger partial charge on any atom is 0.335 e. The van der Waals surface area contributed by atoms with Crippen molar-refractivity contribution in [3.63, 3.8) is 0 Å². The Balaban J connectivity index is 2.45. The molecule has 0 aromatic carbocycles. The fraction of sp³-hybridized carbons (Fsp3) is 0.231. The Labute approximate surface area is 128 Å². The minimum atomic E-state index is -0.682. The zero-order valence-electron chi connectivity index (χ0n) is 11.2. The van der Waals surface area contributed by atoms with Gasteiger partial charge in [0.05, 0.1) is 11.5 Å². The topological polar surface area (TPSA) is 90.1 Å². The van der Waals surface area contributed by atoms with Crippen molar-refractivity contribution < 1.29 is 4.92 Å². The summed E-state index contributed by atoms with van der Waals surface area (Å²) in [6, 6.07) is 4.78. The fourth-order valence-electron chi connectivity index (χ4n) is 1.91. The van der Waals surface area contributed by atoms with E-state index >= 15 is 0 Å². The van der Waals surface area contributed by atoms with Crippen molar-refractivity contribution in [2.24, 2.45) is 0 Å². The van der Waals surface area contributed by atoms with Gasteiger partial charge in [0.15, 0.2) is 0 Å². The van der Waals surface area contributed by atoms with Crippen molar-refractivity contribution in [1.29, 1.82) is 0 Å². The van der Waals surface area contributed by atoms with Crippen LogP contribution >= 0.6 is 15.9 Å². The van der Waals surface area contributed by atoms with E-state index in [4.69, 9.17) is 0 Å². The lowest BCUT2D eigenvalue weighted by Crippen LogP contribution is -2.23. The molecule has 0 aliphatic carbocycles. The van der Waals surface area contributed by atoms with Gasteiger partial charge >= 0.3 is 11.2 Å². The lowest BCUT2D eigenvalue weighted by Gasteiger charge is -2.11. The second-order valence-corrected chi connectivity index (χ2v) is 5.19. The first-order valence-electron chi connectivity index (χ1n) is 6.25. The normalized spacial score (nSPS) is 10.4. The number of nitrogens with zero attached hydrogens (tertiary/aromatic N) is 3. The predicted molar refractivity (Wildman–Crippen MR) is 82.6 cm³/mol. The summed E-state index contributed by atoms with van der Waals surface area (Å²) in [7, 11) is 0. The summed E-state index contributed by atoms with van der Waals surface area (Å²) in [4.78, 5) is 26.5. The third-order valence-electron chi connectivity index (χ3n) is 2.81. The van der Waals surface area contributed by atoms with E-state index in [0.717, 1.165) is 5.56 Å². The summed E-state index contributed by atoms with van der Waals surface area (Å²) in [5.74, 6) is 0.662. The Morgan fingerprint density at radius 1 is 1.52 bits per heavy atom. The van der Waals surface area contributed by atoms with Gasteiger partial charge in [-0.05, 0) is 28.9 Å². The first-order chi connectivity index (χ1) is 10.0. The maximum atomic E-state index is 12.1. The molecule has 2 heterocycles. The zero-order valence-corrected chi connectivity index (χ0v) is 12.8. The number of anilines is 1. The molecule has 2 rings (SSSR count). The van der Waals surface area contributed by atoms with Gasteiger partial charge in [0.1, 0.15) is 5.82 Å². The van der Waals surface area contributed by atoms with Crippen LogP contribution in [0.25, 0.3) is 0 Å². The van der Waals surface area contributed by atoms with Crippen molar-refractivity contribution in [3.05, 3.63) is 61.1 Å². The smallest absolute Gasteiger partial charge is 0.335 e. The van der Waals surface area contributed by atoms with E-state index in [0.29, 0.717) is 16.8 Å². The second kappa shape index (κ2) is 6.49. The van der Waals surface area contributed by atoms with E-state index in [2.05, 4.69) is 26.2 Å². The molecule has 0 aliphatic rings. The quantitative estimate of drug-likeness (QED) is 0.659. The molecule has 0 radical (unpaired) electrons. The van der Waals surface area contributed by atoms with Crippen molar-refractivity contribution in [1.82, 2.24) is 9.55 Å². The highest BCUT2D eigenvalue weighted by Crippen LogP contribution is 2.17. The molecular formula is C13H13BrN4O3. The number of pyridine rings is 2. The van der Waals surface area contributed by atoms with Crippen molar-refractivity contribution in [3.8, 4) is 0 Å². The molecule has 0 amide bonds. The van der Waals surface area contributed by atoms with Gasteiger partial charge in [0.25, 0.3) is 0 Å². The molecule has 2 aromatic rings. The fourth-order valence-corrected chi connectivity index (χ4v) is 2.37. The van der Waals surface area contributed by atoms with Crippen molar-refractivity contribution in [2.75, 3.05) is 11.9 Å². The van der Waals surface area contributed by atoms with Crippen LogP contribution in [0.4, 0.5) is 11.5 Å². The number of rotatable bonds is 5. The van der Waals surface area contributed by atoms with Gasteiger partial charge in [0.2, 0.25) is 0 Å². The van der Waals surface area contributed by atoms with Gasteiger partial charge in [0, 0.05) is 35.0 Å². The summed E-state index contributed by atoms with van der Waals surface area (Å²) < 4.78 is 1.77. The van der Waals surface area contributed by atoms with Crippen LogP contribution in [0.15, 0.2) is 39.9 Å². The van der Waals surface area contributed by atoms with Gasteiger partial charge < -0.3 is 9.88 Å². The van der Waals surface area contributed by atoms with Crippen LogP contribution in [0.5, 0.6) is 0 Å². The molecule has 1 N–H and O–H groups in total. The number of halogens is 1. The Hall–Kier alpha value is -2.22. The molecule has 0 spiro atoms. The SMILES string of the molecule is CCNc1ncccc1Cn1cc(Br)cc([N+](=O)[O-])c1=O. The number of nitrogens with one attached hydrogen (secondary N) is 1. The Morgan fingerprint density at radius 3 is 2.95 bits per heavy atom. The first-order valence-corrected chi connectivity index (χ1v) is 7.04. The molecular weight excluding hydrogens is 340 g/mol. The van der Waals surface area contributed by atoms with E-state index in [9.17, 15) is 14.9 Å². The van der Waals surface area contributed by atoms with Crippen LogP contribution in [0, 0.1) is 10.1 Å². The summed E-state index contributed by atoms with van der Waals surface area (Å²) in [6.45, 7) is 2.83. The predicted octanol–water partition coefficient (Wildman–Crippen LogP) is 2.39. The average molecular weight is 353 g/mol. The van der Waals surface area contributed by atoms with Gasteiger partial charge in [-0.15, -0.1) is 0 Å². The Bertz CT molecular complexity index is 730. The van der Waals surface area contributed by atoms with E-state index in [1.807, 2.05) is 13.0 Å². The van der Waals surface area contributed by atoms with Gasteiger partial charge in [-0.1, -0.05) is 6.07 Å². The standard InChI is InChI=1S/C13H13BrN4O3/c1-2-15-12-9(4-3-5-16-12)7-17-8-10(14)6-11(13(17)19)18(20)21/h3-6,8H,2,7H2,1H3,(H,15,16). The average Bonchev–Trinajstić information content (AvgIpc) is 2.44. The van der Waals surface area contributed by atoms with Crippen LogP contribution in [-0.4, -0.2) is 21.0 Å². The molecule has 8 heteroatoms. The highest BCUT2D eigenvalue weighted by molar-refractivity contribution is 9.10. The van der Waals surface area contributed by atoms with Crippen molar-refractivity contribution in [2.45, 2.75) is 13.5 Å². The largest absolute Gasteiger partial charge is 0.370 e. The second-order valence-electron chi connectivity index (χ2n) is 4.28. The number of nitro groups is 1. The zero-order chi connectivity index (χ0) is 15.4. The van der Waals surface area contributed by atoms with Gasteiger partial charge in [-0.3, -0.25) is 14.9 Å². The minimum absolute atomic E-state index is 0.204. The van der Waals surface area contributed by atoms with E-state index < -0.39 is 16.2 Å². The number of hydrogen-bond donors (Lipinski definition) is 1. The number of hydrogen-bond acceptors (Lipinski definition) is 5. The number of aromatic nitrogens is 2. The molecule has 0 aliphatic heterocycles. The van der Waals surface area contributed by atoms with Crippen LogP contribution in [-0.2, 0) is 6.54 Å². The highest BCUT2D eigenvalue weighted by atomic mass is 79.9. The van der Waals surface area contributed by atoms with Crippen LogP contribution in [0.3, 0.4) is 0 Å². The highest BCUT2D eigenvalue weighted by Gasteiger charge is 2.16. The molecule has 0 unspecified atom stereocenters. The minimum Gasteiger partial charge on any atom is -0.370 e. The summed E-state index contributed by atoms with van der Waals surface area (Å²) in [5, 5.41) is 14.0. The molecule has 2 aromatic heterocycles. The molecule has 0 atom stereocenters. The van der Waals surface area contributed by atoms with Crippen LogP contribution in [0.2, 0.25) is 0 Å². The molecule has 0 bridgehead atoms. The Morgan fingerprint density at radius 2 is 2.29 bits per heavy atom. The van der Waals surface area contributed by atoms with E-state index in [1.165, 1.54) is 16.8 Å². The molecule has 0 saturated heterocycles. The van der Waals surface area contributed by atoms with Gasteiger partial charge in [-0.2, -0.15) is 0 Å². The molecule has 0 fully saturated rings. The lowest BCUT2D eigenvalue weighted by molar-refractivity contribution is -0.386. The molecule has 0 saturated carbocycles. The van der Waals surface area contributed by atoms with Gasteiger partial charge in [-0.25, -0.2) is 4.98 Å². The third kappa shape index (κ3) is 3.46. The summed E-state index contributed by atoms with van der Waals surface area (Å²) in [5.41, 5.74) is -0.318.